The summed E-state index contributed by atoms with van der Waals surface area (Å²) in [6.45, 7) is 4.11. The molecule has 15 heavy (non-hydrogen) atoms. The summed E-state index contributed by atoms with van der Waals surface area (Å²) in [6.07, 6.45) is 3.69. The van der Waals surface area contributed by atoms with Crippen molar-refractivity contribution in [1.82, 2.24) is 0 Å². The summed E-state index contributed by atoms with van der Waals surface area (Å²) in [5.41, 5.74) is 1.69. The van der Waals surface area contributed by atoms with E-state index in [4.69, 9.17) is 0 Å². The van der Waals surface area contributed by atoms with Crippen molar-refractivity contribution in [1.29, 1.82) is 0 Å². The lowest BCUT2D eigenvalue weighted by atomic mass is 10.1. The third-order valence-electron chi connectivity index (χ3n) is 3.32. The fraction of sp³-hybridized carbons (Fsp3) is 0.538. The van der Waals surface area contributed by atoms with Gasteiger partial charge in [0.2, 0.25) is 0 Å². The van der Waals surface area contributed by atoms with Crippen LogP contribution >= 0.6 is 0 Å². The molecule has 1 aliphatic carbocycles. The van der Waals surface area contributed by atoms with Gasteiger partial charge in [0.15, 0.2) is 0 Å². The van der Waals surface area contributed by atoms with Crippen LogP contribution in [-0.4, -0.2) is 6.04 Å². The van der Waals surface area contributed by atoms with Crippen molar-refractivity contribution < 1.29 is 4.39 Å². The Kier molecular flexibility index (Phi) is 2.94. The molecule has 82 valence electrons. The van der Waals surface area contributed by atoms with E-state index < -0.39 is 0 Å². The molecule has 1 saturated carbocycles. The minimum Gasteiger partial charge on any atom is -0.382 e. The molecule has 1 nitrogen and oxygen atoms in total. The molecule has 0 amide bonds. The van der Waals surface area contributed by atoms with Crippen LogP contribution in [-0.2, 0) is 0 Å². The van der Waals surface area contributed by atoms with E-state index in [0.29, 0.717) is 6.04 Å². The molecular weight excluding hydrogens is 189 g/mol. The second-order valence-electron chi connectivity index (χ2n) is 4.67. The predicted octanol–water partition coefficient (Wildman–Crippen LogP) is 3.73. The van der Waals surface area contributed by atoms with Gasteiger partial charge in [0.05, 0.1) is 0 Å². The average Bonchev–Trinajstić information content (AvgIpc) is 2.59. The molecule has 1 aromatic carbocycles. The molecule has 0 aliphatic heterocycles. The SMILES string of the molecule is Cc1c(F)cccc1NC1CCC(C)C1. The van der Waals surface area contributed by atoms with Gasteiger partial charge in [-0.05, 0) is 44.2 Å². The Balaban J connectivity index is 2.07. The van der Waals surface area contributed by atoms with Gasteiger partial charge in [0, 0.05) is 17.3 Å². The summed E-state index contributed by atoms with van der Waals surface area (Å²) in [5, 5.41) is 3.44. The molecule has 1 fully saturated rings. The van der Waals surface area contributed by atoms with Crippen molar-refractivity contribution >= 4 is 5.69 Å². The topological polar surface area (TPSA) is 12.0 Å². The predicted molar refractivity (Wildman–Crippen MR) is 61.6 cm³/mol. The van der Waals surface area contributed by atoms with Crippen molar-refractivity contribution in [2.75, 3.05) is 5.32 Å². The molecule has 0 saturated heterocycles. The molecule has 0 aromatic heterocycles. The molecule has 2 rings (SSSR count). The fourth-order valence-electron chi connectivity index (χ4n) is 2.32. The van der Waals surface area contributed by atoms with Gasteiger partial charge in [0.1, 0.15) is 5.82 Å². The minimum atomic E-state index is -0.119. The van der Waals surface area contributed by atoms with Crippen LogP contribution in [0.3, 0.4) is 0 Å². The molecule has 2 unspecified atom stereocenters. The lowest BCUT2D eigenvalue weighted by molar-refractivity contribution is 0.601. The van der Waals surface area contributed by atoms with E-state index >= 15 is 0 Å². The number of hydrogen-bond donors (Lipinski definition) is 1. The average molecular weight is 207 g/mol. The zero-order valence-corrected chi connectivity index (χ0v) is 9.39. The van der Waals surface area contributed by atoms with Crippen LogP contribution < -0.4 is 5.32 Å². The highest BCUT2D eigenvalue weighted by Crippen LogP contribution is 2.28. The molecule has 0 radical (unpaired) electrons. The summed E-state index contributed by atoms with van der Waals surface area (Å²) in [7, 11) is 0. The van der Waals surface area contributed by atoms with E-state index in [1.807, 2.05) is 13.0 Å². The number of halogens is 1. The first-order chi connectivity index (χ1) is 7.16. The molecular formula is C13H18FN. The van der Waals surface area contributed by atoms with Crippen LogP contribution in [0.2, 0.25) is 0 Å². The zero-order valence-electron chi connectivity index (χ0n) is 9.39. The lowest BCUT2D eigenvalue weighted by Crippen LogP contribution is -2.16. The van der Waals surface area contributed by atoms with Gasteiger partial charge in [-0.25, -0.2) is 4.39 Å². The quantitative estimate of drug-likeness (QED) is 0.779. The Labute approximate surface area is 90.7 Å². The summed E-state index contributed by atoms with van der Waals surface area (Å²) >= 11 is 0. The second kappa shape index (κ2) is 4.21. The third-order valence-corrected chi connectivity index (χ3v) is 3.32. The lowest BCUT2D eigenvalue weighted by Gasteiger charge is -2.16. The summed E-state index contributed by atoms with van der Waals surface area (Å²) in [5.74, 6) is 0.683. The van der Waals surface area contributed by atoms with Crippen LogP contribution in [0, 0.1) is 18.7 Å². The zero-order chi connectivity index (χ0) is 10.8. The maximum Gasteiger partial charge on any atom is 0.128 e. The molecule has 0 heterocycles. The van der Waals surface area contributed by atoms with Crippen molar-refractivity contribution in [2.24, 2.45) is 5.92 Å². The number of benzene rings is 1. The number of nitrogens with one attached hydrogen (secondary N) is 1. The molecule has 1 N–H and O–H groups in total. The summed E-state index contributed by atoms with van der Waals surface area (Å²) in [4.78, 5) is 0. The largest absolute Gasteiger partial charge is 0.382 e. The van der Waals surface area contributed by atoms with Gasteiger partial charge >= 0.3 is 0 Å². The van der Waals surface area contributed by atoms with E-state index in [0.717, 1.165) is 17.2 Å². The molecule has 0 spiro atoms. The van der Waals surface area contributed by atoms with E-state index in [9.17, 15) is 4.39 Å². The second-order valence-corrected chi connectivity index (χ2v) is 4.67. The van der Waals surface area contributed by atoms with E-state index in [1.165, 1.54) is 25.3 Å². The van der Waals surface area contributed by atoms with Crippen LogP contribution in [0.1, 0.15) is 31.7 Å². The fourth-order valence-corrected chi connectivity index (χ4v) is 2.32. The highest BCUT2D eigenvalue weighted by molar-refractivity contribution is 5.51. The summed E-state index contributed by atoms with van der Waals surface area (Å²) in [6, 6.07) is 5.77. The summed E-state index contributed by atoms with van der Waals surface area (Å²) < 4.78 is 13.3. The smallest absolute Gasteiger partial charge is 0.128 e. The van der Waals surface area contributed by atoms with Gasteiger partial charge < -0.3 is 5.32 Å². The third kappa shape index (κ3) is 2.31. The normalized spacial score (nSPS) is 25.5. The molecule has 1 aliphatic rings. The molecule has 2 atom stereocenters. The maximum absolute atomic E-state index is 13.3. The van der Waals surface area contributed by atoms with Gasteiger partial charge in [-0.15, -0.1) is 0 Å². The highest BCUT2D eigenvalue weighted by Gasteiger charge is 2.21. The highest BCUT2D eigenvalue weighted by atomic mass is 19.1. The van der Waals surface area contributed by atoms with Crippen LogP contribution in [0.5, 0.6) is 0 Å². The van der Waals surface area contributed by atoms with Gasteiger partial charge in [-0.1, -0.05) is 13.0 Å². The Morgan fingerprint density at radius 2 is 2.13 bits per heavy atom. The number of anilines is 1. The Morgan fingerprint density at radius 1 is 1.33 bits per heavy atom. The van der Waals surface area contributed by atoms with Crippen molar-refractivity contribution in [3.63, 3.8) is 0 Å². The monoisotopic (exact) mass is 207 g/mol. The number of hydrogen-bond acceptors (Lipinski definition) is 1. The van der Waals surface area contributed by atoms with E-state index in [2.05, 4.69) is 12.2 Å². The van der Waals surface area contributed by atoms with Crippen molar-refractivity contribution in [3.8, 4) is 0 Å². The Hall–Kier alpha value is -1.05. The molecule has 2 heteroatoms. The molecule has 0 bridgehead atoms. The number of rotatable bonds is 2. The van der Waals surface area contributed by atoms with Gasteiger partial charge in [0.25, 0.3) is 0 Å². The van der Waals surface area contributed by atoms with Crippen LogP contribution in [0.4, 0.5) is 10.1 Å². The van der Waals surface area contributed by atoms with Crippen molar-refractivity contribution in [2.45, 2.75) is 39.2 Å². The van der Waals surface area contributed by atoms with Crippen molar-refractivity contribution in [3.05, 3.63) is 29.6 Å². The van der Waals surface area contributed by atoms with Gasteiger partial charge in [-0.2, -0.15) is 0 Å². The standard InChI is InChI=1S/C13H18FN/c1-9-6-7-11(8-9)15-13-5-3-4-12(14)10(13)2/h3-5,9,11,15H,6-8H2,1-2H3. The van der Waals surface area contributed by atoms with Crippen LogP contribution in [0.15, 0.2) is 18.2 Å². The first-order valence-corrected chi connectivity index (χ1v) is 5.68. The van der Waals surface area contributed by atoms with E-state index in [-0.39, 0.29) is 5.82 Å². The Bertz CT molecular complexity index is 348. The first-order valence-electron chi connectivity index (χ1n) is 5.68. The van der Waals surface area contributed by atoms with Crippen LogP contribution in [0.25, 0.3) is 0 Å². The minimum absolute atomic E-state index is 0.119. The Morgan fingerprint density at radius 3 is 2.80 bits per heavy atom. The van der Waals surface area contributed by atoms with E-state index in [1.54, 1.807) is 6.07 Å². The first kappa shape index (κ1) is 10.5. The maximum atomic E-state index is 13.3. The van der Waals surface area contributed by atoms with Gasteiger partial charge in [-0.3, -0.25) is 0 Å². The molecule has 1 aromatic rings.